The first kappa shape index (κ1) is 16.3. The minimum atomic E-state index is -0.0787. The van der Waals surface area contributed by atoms with Gasteiger partial charge in [-0.1, -0.05) is 11.8 Å². The van der Waals surface area contributed by atoms with Gasteiger partial charge in [0.15, 0.2) is 11.0 Å². The quantitative estimate of drug-likeness (QED) is 0.663. The average molecular weight is 343 g/mol. The number of pyridine rings is 1. The molecule has 0 aliphatic rings. The highest BCUT2D eigenvalue weighted by Crippen LogP contribution is 2.23. The van der Waals surface area contributed by atoms with E-state index in [1.54, 1.807) is 24.7 Å². The summed E-state index contributed by atoms with van der Waals surface area (Å²) in [6, 6.07) is 7.41. The van der Waals surface area contributed by atoms with Crippen LogP contribution >= 0.6 is 11.8 Å². The Morgan fingerprint density at radius 2 is 2.25 bits per heavy atom. The summed E-state index contributed by atoms with van der Waals surface area (Å²) in [6.45, 7) is 3.12. The third kappa shape index (κ3) is 3.83. The van der Waals surface area contributed by atoms with E-state index in [1.165, 1.54) is 11.8 Å². The molecule has 0 aliphatic carbocycles. The number of carbonyl (C=O) groups excluding carboxylic acids is 1. The largest absolute Gasteiger partial charge is 0.467 e. The molecule has 124 valence electrons. The van der Waals surface area contributed by atoms with E-state index in [4.69, 9.17) is 4.42 Å². The van der Waals surface area contributed by atoms with Crippen molar-refractivity contribution in [2.24, 2.45) is 0 Å². The lowest BCUT2D eigenvalue weighted by Crippen LogP contribution is -2.24. The molecule has 0 aliphatic heterocycles. The van der Waals surface area contributed by atoms with Crippen LogP contribution in [0.3, 0.4) is 0 Å². The Kier molecular flexibility index (Phi) is 5.27. The Morgan fingerprint density at radius 1 is 1.33 bits per heavy atom. The van der Waals surface area contributed by atoms with E-state index in [1.807, 2.05) is 29.7 Å². The minimum absolute atomic E-state index is 0.0787. The summed E-state index contributed by atoms with van der Waals surface area (Å²) in [4.78, 5) is 16.1. The molecule has 1 N–H and O–H groups in total. The topological polar surface area (TPSA) is 85.8 Å². The minimum Gasteiger partial charge on any atom is -0.467 e. The Labute approximate surface area is 143 Å². The van der Waals surface area contributed by atoms with Gasteiger partial charge in [0, 0.05) is 24.5 Å². The molecule has 24 heavy (non-hydrogen) atoms. The molecule has 0 bridgehead atoms. The van der Waals surface area contributed by atoms with Crippen molar-refractivity contribution in [2.45, 2.75) is 25.2 Å². The second-order valence-corrected chi connectivity index (χ2v) is 5.88. The van der Waals surface area contributed by atoms with Crippen molar-refractivity contribution >= 4 is 17.7 Å². The van der Waals surface area contributed by atoms with Gasteiger partial charge in [-0.15, -0.1) is 10.2 Å². The molecule has 0 fully saturated rings. The molecule has 0 radical (unpaired) electrons. The lowest BCUT2D eigenvalue weighted by Gasteiger charge is -2.07. The molecule has 0 aromatic carbocycles. The standard InChI is InChI=1S/C16H17N5O2S/c1-2-21-15(12-5-3-7-17-9-12)19-20-16(21)24-11-14(22)18-10-13-6-4-8-23-13/h3-9H,2,10-11H2,1H3,(H,18,22). The summed E-state index contributed by atoms with van der Waals surface area (Å²) in [7, 11) is 0. The first-order valence-corrected chi connectivity index (χ1v) is 8.52. The molecule has 0 atom stereocenters. The van der Waals surface area contributed by atoms with Crippen LogP contribution in [0.15, 0.2) is 52.5 Å². The zero-order valence-electron chi connectivity index (χ0n) is 13.2. The molecule has 1 amide bonds. The number of aromatic nitrogens is 4. The van der Waals surface area contributed by atoms with Crippen LogP contribution in [0.4, 0.5) is 0 Å². The van der Waals surface area contributed by atoms with E-state index in [9.17, 15) is 4.79 Å². The number of nitrogens with zero attached hydrogens (tertiary/aromatic N) is 4. The predicted molar refractivity (Wildman–Crippen MR) is 90.2 cm³/mol. The number of thioether (sulfide) groups is 1. The fourth-order valence-corrected chi connectivity index (χ4v) is 3.00. The molecule has 3 heterocycles. The van der Waals surface area contributed by atoms with Crippen LogP contribution in [0, 0.1) is 0 Å². The second-order valence-electron chi connectivity index (χ2n) is 4.94. The Morgan fingerprint density at radius 3 is 2.96 bits per heavy atom. The predicted octanol–water partition coefficient (Wildman–Crippen LogP) is 2.36. The van der Waals surface area contributed by atoms with E-state index >= 15 is 0 Å². The summed E-state index contributed by atoms with van der Waals surface area (Å²) < 4.78 is 7.16. The van der Waals surface area contributed by atoms with Gasteiger partial charge in [0.05, 0.1) is 18.6 Å². The van der Waals surface area contributed by atoms with Crippen molar-refractivity contribution < 1.29 is 9.21 Å². The van der Waals surface area contributed by atoms with Crippen LogP contribution in [-0.4, -0.2) is 31.4 Å². The highest BCUT2D eigenvalue weighted by Gasteiger charge is 2.14. The van der Waals surface area contributed by atoms with Crippen molar-refractivity contribution in [3.63, 3.8) is 0 Å². The lowest BCUT2D eigenvalue weighted by molar-refractivity contribution is -0.118. The number of furan rings is 1. The second kappa shape index (κ2) is 7.78. The van der Waals surface area contributed by atoms with Crippen LogP contribution in [0.5, 0.6) is 0 Å². The Balaban J connectivity index is 1.61. The van der Waals surface area contributed by atoms with Crippen molar-refractivity contribution in [3.05, 3.63) is 48.7 Å². The third-order valence-electron chi connectivity index (χ3n) is 3.33. The molecule has 8 heteroatoms. The number of hydrogen-bond acceptors (Lipinski definition) is 6. The van der Waals surface area contributed by atoms with Gasteiger partial charge in [-0.05, 0) is 31.2 Å². The summed E-state index contributed by atoms with van der Waals surface area (Å²) in [5, 5.41) is 11.9. The van der Waals surface area contributed by atoms with Gasteiger partial charge in [-0.25, -0.2) is 0 Å². The zero-order chi connectivity index (χ0) is 16.8. The van der Waals surface area contributed by atoms with Crippen molar-refractivity contribution in [3.8, 4) is 11.4 Å². The van der Waals surface area contributed by atoms with Gasteiger partial charge >= 0.3 is 0 Å². The SMILES string of the molecule is CCn1c(SCC(=O)NCc2ccco2)nnc1-c1cccnc1. The molecule has 3 aromatic rings. The normalized spacial score (nSPS) is 10.7. The average Bonchev–Trinajstić information content (AvgIpc) is 3.28. The van der Waals surface area contributed by atoms with E-state index < -0.39 is 0 Å². The molecule has 0 saturated carbocycles. The van der Waals surface area contributed by atoms with E-state index in [2.05, 4.69) is 20.5 Å². The molecule has 3 aromatic heterocycles. The van der Waals surface area contributed by atoms with Crippen molar-refractivity contribution in [1.82, 2.24) is 25.1 Å². The van der Waals surface area contributed by atoms with Crippen LogP contribution in [0.1, 0.15) is 12.7 Å². The van der Waals surface area contributed by atoms with Gasteiger partial charge in [0.1, 0.15) is 5.76 Å². The van der Waals surface area contributed by atoms with Gasteiger partial charge in [0.2, 0.25) is 5.91 Å². The zero-order valence-corrected chi connectivity index (χ0v) is 14.0. The first-order valence-electron chi connectivity index (χ1n) is 7.53. The summed E-state index contributed by atoms with van der Waals surface area (Å²) in [5.41, 5.74) is 0.904. The van der Waals surface area contributed by atoms with Gasteiger partial charge in [-0.3, -0.25) is 9.78 Å². The molecule has 3 rings (SSSR count). The maximum Gasteiger partial charge on any atom is 0.230 e. The summed E-state index contributed by atoms with van der Waals surface area (Å²) in [6.07, 6.45) is 5.05. The van der Waals surface area contributed by atoms with E-state index in [-0.39, 0.29) is 11.7 Å². The summed E-state index contributed by atoms with van der Waals surface area (Å²) >= 11 is 1.36. The van der Waals surface area contributed by atoms with E-state index in [0.29, 0.717) is 18.2 Å². The molecule has 7 nitrogen and oxygen atoms in total. The highest BCUT2D eigenvalue weighted by atomic mass is 32.2. The molecule has 0 saturated heterocycles. The Hall–Kier alpha value is -2.61. The monoisotopic (exact) mass is 343 g/mol. The van der Waals surface area contributed by atoms with Crippen LogP contribution in [0.2, 0.25) is 0 Å². The molecular weight excluding hydrogens is 326 g/mol. The lowest BCUT2D eigenvalue weighted by atomic mass is 10.3. The number of rotatable bonds is 7. The van der Waals surface area contributed by atoms with Gasteiger partial charge < -0.3 is 14.3 Å². The Bertz CT molecular complexity index is 786. The fraction of sp³-hybridized carbons (Fsp3) is 0.250. The van der Waals surface area contributed by atoms with Crippen LogP contribution < -0.4 is 5.32 Å². The van der Waals surface area contributed by atoms with Crippen LogP contribution in [0.25, 0.3) is 11.4 Å². The number of carbonyl (C=O) groups is 1. The summed E-state index contributed by atoms with van der Waals surface area (Å²) in [5.74, 6) is 1.67. The maximum atomic E-state index is 11.9. The molecular formula is C16H17N5O2S. The van der Waals surface area contributed by atoms with Gasteiger partial charge in [0.25, 0.3) is 0 Å². The first-order chi connectivity index (χ1) is 11.8. The number of hydrogen-bond donors (Lipinski definition) is 1. The molecule has 0 unspecified atom stereocenters. The maximum absolute atomic E-state index is 11.9. The fourth-order valence-electron chi connectivity index (χ4n) is 2.17. The van der Waals surface area contributed by atoms with Gasteiger partial charge in [-0.2, -0.15) is 0 Å². The third-order valence-corrected chi connectivity index (χ3v) is 4.29. The smallest absolute Gasteiger partial charge is 0.230 e. The number of amides is 1. The van der Waals surface area contributed by atoms with Crippen molar-refractivity contribution in [1.29, 1.82) is 0 Å². The van der Waals surface area contributed by atoms with E-state index in [0.717, 1.165) is 17.1 Å². The van der Waals surface area contributed by atoms with Crippen molar-refractivity contribution in [2.75, 3.05) is 5.75 Å². The molecule has 0 spiro atoms. The number of nitrogens with one attached hydrogen (secondary N) is 1. The highest BCUT2D eigenvalue weighted by molar-refractivity contribution is 7.99. The van der Waals surface area contributed by atoms with Crippen LogP contribution in [-0.2, 0) is 17.9 Å².